The Labute approximate surface area is 148 Å². The van der Waals surface area contributed by atoms with Crippen molar-refractivity contribution >= 4 is 28.8 Å². The zero-order chi connectivity index (χ0) is 17.1. The molecule has 1 fully saturated rings. The van der Waals surface area contributed by atoms with Crippen LogP contribution in [0.5, 0.6) is 5.75 Å². The van der Waals surface area contributed by atoms with Gasteiger partial charge in [0, 0.05) is 16.1 Å². The Morgan fingerprint density at radius 1 is 1.46 bits per heavy atom. The van der Waals surface area contributed by atoms with Gasteiger partial charge in [0.2, 0.25) is 0 Å². The average molecular weight is 369 g/mol. The second-order valence-electron chi connectivity index (χ2n) is 5.21. The maximum Gasteiger partial charge on any atom is 0.283 e. The molecule has 3 rings (SSSR count). The lowest BCUT2D eigenvalue weighted by molar-refractivity contribution is -0.0529. The second-order valence-corrected chi connectivity index (χ2v) is 6.86. The molecule has 1 aliphatic heterocycles. The number of aryl methyl sites for hydroxylation is 1. The van der Waals surface area contributed by atoms with Gasteiger partial charge in [-0.15, -0.1) is 11.3 Å². The van der Waals surface area contributed by atoms with Crippen LogP contribution in [0.2, 0.25) is 5.02 Å². The Bertz CT molecular complexity index is 809. The molecule has 128 valence electrons. The number of rotatable bonds is 4. The molecular weight excluding hydrogens is 352 g/mol. The van der Waals surface area contributed by atoms with Gasteiger partial charge in [0.1, 0.15) is 5.75 Å². The van der Waals surface area contributed by atoms with Crippen molar-refractivity contribution in [1.29, 1.82) is 0 Å². The van der Waals surface area contributed by atoms with Crippen molar-refractivity contribution in [2.24, 2.45) is 4.99 Å². The number of carbonyl (C=O) groups is 1. The van der Waals surface area contributed by atoms with Crippen LogP contribution in [-0.4, -0.2) is 37.1 Å². The van der Waals surface area contributed by atoms with Crippen LogP contribution in [0, 0.1) is 6.92 Å². The number of methoxy groups -OCH3 is 1. The van der Waals surface area contributed by atoms with E-state index in [2.05, 4.69) is 4.99 Å². The Morgan fingerprint density at radius 2 is 2.21 bits per heavy atom. The summed E-state index contributed by atoms with van der Waals surface area (Å²) >= 11 is 7.41. The Morgan fingerprint density at radius 3 is 2.92 bits per heavy atom. The number of carbonyl (C=O) groups excluding carboxylic acids is 1. The number of aromatic nitrogens is 1. The molecular formula is C16H17ClN2O4S. The Balaban J connectivity index is 1.93. The fourth-order valence-corrected chi connectivity index (χ4v) is 3.40. The van der Waals surface area contributed by atoms with Gasteiger partial charge >= 0.3 is 0 Å². The fraction of sp³-hybridized carbons (Fsp3) is 0.375. The normalized spacial score (nSPS) is 15.9. The fourth-order valence-electron chi connectivity index (χ4n) is 2.39. The van der Waals surface area contributed by atoms with Gasteiger partial charge in [-0.3, -0.25) is 4.79 Å². The van der Waals surface area contributed by atoms with Gasteiger partial charge in [-0.1, -0.05) is 11.6 Å². The van der Waals surface area contributed by atoms with Crippen LogP contribution in [-0.2, 0) is 16.0 Å². The number of nitrogens with zero attached hydrogens (tertiary/aromatic N) is 2. The van der Waals surface area contributed by atoms with E-state index in [4.69, 9.17) is 25.8 Å². The predicted molar refractivity (Wildman–Crippen MR) is 90.6 cm³/mol. The zero-order valence-corrected chi connectivity index (χ0v) is 14.9. The molecule has 1 amide bonds. The highest BCUT2D eigenvalue weighted by atomic mass is 35.5. The number of benzene rings is 1. The van der Waals surface area contributed by atoms with Gasteiger partial charge in [0.15, 0.2) is 11.1 Å². The summed E-state index contributed by atoms with van der Waals surface area (Å²) in [5, 5.41) is 0.456. The molecule has 8 heteroatoms. The van der Waals surface area contributed by atoms with Crippen LogP contribution < -0.4 is 9.54 Å². The third-order valence-electron chi connectivity index (χ3n) is 3.46. The molecule has 0 aliphatic carbocycles. The van der Waals surface area contributed by atoms with Crippen LogP contribution in [0.4, 0.5) is 0 Å². The number of thiazole rings is 1. The van der Waals surface area contributed by atoms with Gasteiger partial charge in [-0.25, -0.2) is 0 Å². The maximum atomic E-state index is 12.6. The van der Waals surface area contributed by atoms with E-state index in [1.54, 1.807) is 18.2 Å². The van der Waals surface area contributed by atoms with E-state index in [1.165, 1.54) is 18.4 Å². The van der Waals surface area contributed by atoms with Crippen molar-refractivity contribution in [1.82, 2.24) is 4.57 Å². The zero-order valence-electron chi connectivity index (χ0n) is 13.3. The van der Waals surface area contributed by atoms with E-state index >= 15 is 0 Å². The van der Waals surface area contributed by atoms with Crippen molar-refractivity contribution in [3.8, 4) is 5.75 Å². The second kappa shape index (κ2) is 7.48. The summed E-state index contributed by atoms with van der Waals surface area (Å²) in [5.41, 5.74) is 0.330. The molecule has 0 unspecified atom stereocenters. The van der Waals surface area contributed by atoms with E-state index < -0.39 is 5.91 Å². The predicted octanol–water partition coefficient (Wildman–Crippen LogP) is 2.63. The number of ether oxygens (including phenoxy) is 3. The highest BCUT2D eigenvalue weighted by molar-refractivity contribution is 7.09. The molecule has 0 N–H and O–H groups in total. The standard InChI is InChI=1S/C16H17ClN2O4S/c1-10-8-19(9-14-22-5-6-23-14)16(24-10)18-15(20)12-7-11(17)3-4-13(12)21-2/h3-4,7-8,14H,5-6,9H2,1-2H3. The van der Waals surface area contributed by atoms with E-state index in [-0.39, 0.29) is 6.29 Å². The minimum atomic E-state index is -0.404. The van der Waals surface area contributed by atoms with Gasteiger partial charge in [-0.2, -0.15) is 4.99 Å². The molecule has 1 aliphatic rings. The monoisotopic (exact) mass is 368 g/mol. The average Bonchev–Trinajstić information content (AvgIpc) is 3.18. The highest BCUT2D eigenvalue weighted by Gasteiger charge is 2.18. The van der Waals surface area contributed by atoms with Crippen molar-refractivity contribution in [3.05, 3.63) is 44.7 Å². The number of amides is 1. The number of hydrogen-bond donors (Lipinski definition) is 0. The highest BCUT2D eigenvalue weighted by Crippen LogP contribution is 2.23. The first-order valence-electron chi connectivity index (χ1n) is 7.39. The van der Waals surface area contributed by atoms with Crippen molar-refractivity contribution in [3.63, 3.8) is 0 Å². The van der Waals surface area contributed by atoms with Crippen LogP contribution in [0.15, 0.2) is 29.4 Å². The first-order chi connectivity index (χ1) is 11.6. The molecule has 2 aromatic rings. The molecule has 2 heterocycles. The first-order valence-corrected chi connectivity index (χ1v) is 8.59. The van der Waals surface area contributed by atoms with Gasteiger partial charge in [-0.05, 0) is 25.1 Å². The number of hydrogen-bond acceptors (Lipinski definition) is 5. The molecule has 0 bridgehead atoms. The van der Waals surface area contributed by atoms with E-state index in [1.807, 2.05) is 17.7 Å². The van der Waals surface area contributed by atoms with Gasteiger partial charge in [0.05, 0.1) is 32.4 Å². The molecule has 1 saturated heterocycles. The van der Waals surface area contributed by atoms with Crippen LogP contribution in [0.1, 0.15) is 15.2 Å². The van der Waals surface area contributed by atoms with Gasteiger partial charge in [0.25, 0.3) is 5.91 Å². The largest absolute Gasteiger partial charge is 0.496 e. The quantitative estimate of drug-likeness (QED) is 0.832. The van der Waals surface area contributed by atoms with E-state index in [0.29, 0.717) is 40.9 Å². The first kappa shape index (κ1) is 17.2. The molecule has 1 aromatic carbocycles. The summed E-state index contributed by atoms with van der Waals surface area (Å²) in [4.78, 5) is 18.4. The third-order valence-corrected chi connectivity index (χ3v) is 4.63. The van der Waals surface area contributed by atoms with Crippen LogP contribution in [0.25, 0.3) is 0 Å². The smallest absolute Gasteiger partial charge is 0.283 e. The lowest BCUT2D eigenvalue weighted by Gasteiger charge is -2.09. The molecule has 0 spiro atoms. The summed E-state index contributed by atoms with van der Waals surface area (Å²) in [6.07, 6.45) is 1.62. The SMILES string of the molecule is COc1ccc(Cl)cc1C(=O)N=c1sc(C)cn1CC1OCCO1. The molecule has 1 aromatic heterocycles. The van der Waals surface area contributed by atoms with Crippen LogP contribution in [0.3, 0.4) is 0 Å². The summed E-state index contributed by atoms with van der Waals surface area (Å²) in [7, 11) is 1.50. The summed E-state index contributed by atoms with van der Waals surface area (Å²) < 4.78 is 18.0. The lowest BCUT2D eigenvalue weighted by atomic mass is 10.2. The maximum absolute atomic E-state index is 12.6. The Kier molecular flexibility index (Phi) is 5.35. The molecule has 0 saturated carbocycles. The minimum absolute atomic E-state index is 0.311. The Hall–Kier alpha value is -1.67. The lowest BCUT2D eigenvalue weighted by Crippen LogP contribution is -2.24. The van der Waals surface area contributed by atoms with Gasteiger partial charge < -0.3 is 18.8 Å². The minimum Gasteiger partial charge on any atom is -0.496 e. The van der Waals surface area contributed by atoms with Crippen molar-refractivity contribution in [2.75, 3.05) is 20.3 Å². The topological polar surface area (TPSA) is 62.0 Å². The molecule has 24 heavy (non-hydrogen) atoms. The number of halogens is 1. The summed E-state index contributed by atoms with van der Waals surface area (Å²) in [6, 6.07) is 4.88. The van der Waals surface area contributed by atoms with E-state index in [0.717, 1.165) is 4.88 Å². The molecule has 0 atom stereocenters. The van der Waals surface area contributed by atoms with E-state index in [9.17, 15) is 4.79 Å². The summed E-state index contributed by atoms with van der Waals surface area (Å²) in [6.45, 7) is 3.61. The van der Waals surface area contributed by atoms with Crippen molar-refractivity contribution in [2.45, 2.75) is 19.8 Å². The molecule has 6 nitrogen and oxygen atoms in total. The van der Waals surface area contributed by atoms with Crippen LogP contribution >= 0.6 is 22.9 Å². The molecule has 0 radical (unpaired) electrons. The third kappa shape index (κ3) is 3.87. The summed E-state index contributed by atoms with van der Waals surface area (Å²) in [5.74, 6) is 0.0358. The van der Waals surface area contributed by atoms with Crippen molar-refractivity contribution < 1.29 is 19.0 Å².